The van der Waals surface area contributed by atoms with Crippen LogP contribution in [0.2, 0.25) is 0 Å². The number of aldehydes is 2. The normalized spacial score (nSPS) is 13.9. The van der Waals surface area contributed by atoms with Crippen LogP contribution in [0.5, 0.6) is 11.5 Å². The van der Waals surface area contributed by atoms with Gasteiger partial charge in [-0.25, -0.2) is 10.2 Å². The molecule has 0 saturated carbocycles. The molecule has 2 N–H and O–H groups in total. The predicted octanol–water partition coefficient (Wildman–Crippen LogP) is 8.59. The van der Waals surface area contributed by atoms with Gasteiger partial charge in [0.2, 0.25) is 0 Å². The second-order valence-corrected chi connectivity index (χ2v) is 17.3. The molecule has 294 valence electrons. The van der Waals surface area contributed by atoms with Crippen LogP contribution in [0.1, 0.15) is 47.5 Å². The van der Waals surface area contributed by atoms with Gasteiger partial charge in [-0.1, -0.05) is 72.8 Å². The molecule has 0 aliphatic rings. The van der Waals surface area contributed by atoms with E-state index in [1.54, 1.807) is 65.0 Å². The summed E-state index contributed by atoms with van der Waals surface area (Å²) >= 11 is 0. The fourth-order valence-corrected chi connectivity index (χ4v) is 8.22. The Morgan fingerprint density at radius 3 is 1.47 bits per heavy atom. The fraction of sp³-hybridized carbons (Fsp3) is 0.317. The van der Waals surface area contributed by atoms with Crippen LogP contribution in [0.15, 0.2) is 108 Å². The standard InChI is InChI=1S/C21H26NO5P.C20H24NO5P/c1-16(2)26-21(24)14-22-28(25,12-6-7-17(3)15-23)27-20-11-10-18-8-4-5-9-19(18)13-20;1-3-25-20(23)14-21-27(24,12-6-7-16(2)15-22)26-19-11-10-17-8-4-5-9-18(17)13-19/h4-5,7-11,13,15-16H,6,12,14H2,1-3H3,(H,22,25);4-5,7-11,13,15H,3,6,12,14H2,1-2H3,(H,21,24)/b17-7+;16-7+. The van der Waals surface area contributed by atoms with Crippen molar-refractivity contribution in [3.8, 4) is 11.5 Å². The van der Waals surface area contributed by atoms with Crippen molar-refractivity contribution in [2.75, 3.05) is 32.0 Å². The van der Waals surface area contributed by atoms with Gasteiger partial charge in [0.1, 0.15) is 37.2 Å². The minimum atomic E-state index is -3.39. The van der Waals surface area contributed by atoms with E-state index in [9.17, 15) is 28.3 Å². The molecule has 0 fully saturated rings. The summed E-state index contributed by atoms with van der Waals surface area (Å²) in [6.07, 6.45) is 5.64. The molecular weight excluding hydrogens is 742 g/mol. The number of hydrogen-bond donors (Lipinski definition) is 2. The van der Waals surface area contributed by atoms with Crippen molar-refractivity contribution in [2.24, 2.45) is 0 Å². The van der Waals surface area contributed by atoms with Crippen molar-refractivity contribution in [3.05, 3.63) is 108 Å². The first-order valence-electron chi connectivity index (χ1n) is 17.9. The van der Waals surface area contributed by atoms with Crippen LogP contribution in [0.25, 0.3) is 21.5 Å². The van der Waals surface area contributed by atoms with E-state index in [-0.39, 0.29) is 38.1 Å². The molecule has 0 aliphatic carbocycles. The summed E-state index contributed by atoms with van der Waals surface area (Å²) in [7, 11) is -6.77. The maximum atomic E-state index is 13.3. The summed E-state index contributed by atoms with van der Waals surface area (Å²) in [4.78, 5) is 44.9. The SMILES string of the molecule is C/C(C=O)=C\CCP(=O)(NCC(=O)OC(C)C)Oc1ccc2ccccc2c1.CCOC(=O)CNP(=O)(CC/C=C(\C)C=O)Oc1ccc2ccccc2c1. The van der Waals surface area contributed by atoms with Crippen LogP contribution < -0.4 is 19.2 Å². The van der Waals surface area contributed by atoms with Crippen LogP contribution >= 0.6 is 15.0 Å². The highest BCUT2D eigenvalue weighted by Crippen LogP contribution is 2.45. The molecule has 4 aromatic carbocycles. The van der Waals surface area contributed by atoms with Crippen LogP contribution in [0, 0.1) is 0 Å². The van der Waals surface area contributed by atoms with E-state index in [0.29, 0.717) is 35.5 Å². The molecule has 2 atom stereocenters. The zero-order chi connectivity index (χ0) is 40.3. The Morgan fingerprint density at radius 1 is 0.655 bits per heavy atom. The monoisotopic (exact) mass is 792 g/mol. The summed E-state index contributed by atoms with van der Waals surface area (Å²) in [5, 5.41) is 9.45. The number of rotatable bonds is 20. The lowest BCUT2D eigenvalue weighted by Crippen LogP contribution is -2.27. The highest BCUT2D eigenvalue weighted by Gasteiger charge is 2.26. The topological polar surface area (TPSA) is 163 Å². The number of fused-ring (bicyclic) bond motifs is 2. The van der Waals surface area contributed by atoms with Gasteiger partial charge in [0.25, 0.3) is 0 Å². The zero-order valence-corrected chi connectivity index (χ0v) is 33.7. The summed E-state index contributed by atoms with van der Waals surface area (Å²) in [6.45, 7) is 8.36. The molecule has 4 rings (SSSR count). The van der Waals surface area contributed by atoms with Crippen molar-refractivity contribution in [1.82, 2.24) is 10.2 Å². The Labute approximate surface area is 322 Å². The quantitative estimate of drug-likeness (QED) is 0.0380. The zero-order valence-electron chi connectivity index (χ0n) is 31.9. The molecule has 14 heteroatoms. The maximum absolute atomic E-state index is 13.3. The van der Waals surface area contributed by atoms with E-state index < -0.39 is 27.0 Å². The highest BCUT2D eigenvalue weighted by molar-refractivity contribution is 7.57. The average molecular weight is 793 g/mol. The van der Waals surface area contributed by atoms with Gasteiger partial charge in [0.05, 0.1) is 25.0 Å². The first kappa shape index (κ1) is 44.5. The molecule has 0 amide bonds. The smallest absolute Gasteiger partial charge is 0.320 e. The molecule has 0 aliphatic heterocycles. The van der Waals surface area contributed by atoms with Gasteiger partial charge in [-0.05, 0) is 104 Å². The Bertz CT molecular complexity index is 2080. The summed E-state index contributed by atoms with van der Waals surface area (Å²) in [6, 6.07) is 26.4. The van der Waals surface area contributed by atoms with E-state index in [4.69, 9.17) is 18.5 Å². The van der Waals surface area contributed by atoms with Crippen molar-refractivity contribution in [3.63, 3.8) is 0 Å². The summed E-state index contributed by atoms with van der Waals surface area (Å²) in [5.74, 6) is -0.108. The minimum absolute atomic E-state index is 0.139. The third kappa shape index (κ3) is 16.2. The lowest BCUT2D eigenvalue weighted by Gasteiger charge is -2.20. The molecule has 55 heavy (non-hydrogen) atoms. The maximum Gasteiger partial charge on any atom is 0.320 e. The lowest BCUT2D eigenvalue weighted by atomic mass is 10.1. The van der Waals surface area contributed by atoms with Crippen LogP contribution in [0.3, 0.4) is 0 Å². The van der Waals surface area contributed by atoms with Crippen molar-refractivity contribution < 1.29 is 46.8 Å². The van der Waals surface area contributed by atoms with Crippen LogP contribution in [-0.2, 0) is 37.8 Å². The second-order valence-electron chi connectivity index (χ2n) is 12.7. The number of allylic oxidation sites excluding steroid dienone is 4. The lowest BCUT2D eigenvalue weighted by molar-refractivity contribution is -0.146. The number of nitrogens with one attached hydrogen (secondary N) is 2. The van der Waals surface area contributed by atoms with Crippen molar-refractivity contribution >= 4 is 61.1 Å². The molecule has 0 saturated heterocycles. The van der Waals surface area contributed by atoms with E-state index in [0.717, 1.165) is 34.1 Å². The van der Waals surface area contributed by atoms with Gasteiger partial charge in [-0.2, -0.15) is 0 Å². The molecule has 12 nitrogen and oxygen atoms in total. The van der Waals surface area contributed by atoms with Crippen molar-refractivity contribution in [2.45, 2.75) is 53.6 Å². The Hall–Kier alpha value is -4.86. The van der Waals surface area contributed by atoms with Gasteiger partial charge in [-0.15, -0.1) is 0 Å². The van der Waals surface area contributed by atoms with Crippen molar-refractivity contribution in [1.29, 1.82) is 0 Å². The van der Waals surface area contributed by atoms with Gasteiger partial charge in [0.15, 0.2) is 0 Å². The number of carbonyl (C=O) groups excluding carboxylic acids is 4. The molecular formula is C41H50N2O10P2. The third-order valence-corrected chi connectivity index (χ3v) is 11.7. The number of esters is 2. The molecule has 2 unspecified atom stereocenters. The molecule has 0 radical (unpaired) electrons. The first-order valence-corrected chi connectivity index (χ1v) is 21.5. The molecule has 0 aromatic heterocycles. The number of ether oxygens (including phenoxy) is 2. The van der Waals surface area contributed by atoms with E-state index in [1.165, 1.54) is 0 Å². The molecule has 0 heterocycles. The average Bonchev–Trinajstić information content (AvgIpc) is 3.16. The number of carbonyl (C=O) groups is 4. The number of benzene rings is 4. The second kappa shape index (κ2) is 22.5. The molecule has 4 aromatic rings. The number of hydrogen-bond acceptors (Lipinski definition) is 10. The van der Waals surface area contributed by atoms with Gasteiger partial charge in [0, 0.05) is 0 Å². The molecule has 0 spiro atoms. The largest absolute Gasteiger partial charge is 0.465 e. The van der Waals surface area contributed by atoms with Gasteiger partial charge >= 0.3 is 27.0 Å². The Kier molecular flexibility index (Phi) is 18.2. The van der Waals surface area contributed by atoms with Gasteiger partial charge in [-0.3, -0.25) is 28.3 Å². The third-order valence-electron chi connectivity index (χ3n) is 7.70. The minimum Gasteiger partial charge on any atom is -0.465 e. The Balaban J connectivity index is 0.000000296. The molecule has 0 bridgehead atoms. The van der Waals surface area contributed by atoms with E-state index >= 15 is 0 Å². The van der Waals surface area contributed by atoms with E-state index in [2.05, 4.69) is 10.2 Å². The summed E-state index contributed by atoms with van der Waals surface area (Å²) in [5.41, 5.74) is 1.11. The van der Waals surface area contributed by atoms with E-state index in [1.807, 2.05) is 66.7 Å². The fourth-order valence-electron chi connectivity index (χ4n) is 5.01. The van der Waals surface area contributed by atoms with Gasteiger partial charge < -0.3 is 18.5 Å². The predicted molar refractivity (Wildman–Crippen MR) is 217 cm³/mol. The van der Waals surface area contributed by atoms with Crippen LogP contribution in [-0.4, -0.2) is 62.6 Å². The first-order chi connectivity index (χ1) is 26.3. The summed E-state index contributed by atoms with van der Waals surface area (Å²) < 4.78 is 48.1. The van der Waals surface area contributed by atoms with Crippen LogP contribution in [0.4, 0.5) is 0 Å². The Morgan fingerprint density at radius 2 is 1.07 bits per heavy atom. The highest BCUT2D eigenvalue weighted by atomic mass is 31.2.